The maximum atomic E-state index is 12.9. The molecule has 0 aromatic carbocycles. The zero-order valence-electron chi connectivity index (χ0n) is 13.9. The predicted octanol–water partition coefficient (Wildman–Crippen LogP) is 4.59. The first-order valence-electron chi connectivity index (χ1n) is 8.29. The van der Waals surface area contributed by atoms with Crippen molar-refractivity contribution >= 4 is 38.7 Å². The fourth-order valence-corrected chi connectivity index (χ4v) is 4.72. The van der Waals surface area contributed by atoms with Crippen molar-refractivity contribution in [1.82, 2.24) is 19.3 Å². The largest absolute Gasteiger partial charge is 0.434 e. The van der Waals surface area contributed by atoms with E-state index in [2.05, 4.69) is 25.9 Å². The van der Waals surface area contributed by atoms with E-state index >= 15 is 0 Å². The molecule has 0 bridgehead atoms. The summed E-state index contributed by atoms with van der Waals surface area (Å²) in [7, 11) is 0. The zero-order chi connectivity index (χ0) is 19.2. The number of aromatic nitrogens is 3. The van der Waals surface area contributed by atoms with E-state index in [-0.39, 0.29) is 11.8 Å². The van der Waals surface area contributed by atoms with Gasteiger partial charge in [0.15, 0.2) is 5.69 Å². The molecule has 0 aliphatic carbocycles. The van der Waals surface area contributed by atoms with Gasteiger partial charge in [-0.2, -0.15) is 13.2 Å². The number of amides is 1. The van der Waals surface area contributed by atoms with Gasteiger partial charge in [-0.25, -0.2) is 9.97 Å². The normalized spacial score (nSPS) is 16.2. The van der Waals surface area contributed by atoms with Gasteiger partial charge < -0.3 is 4.90 Å². The van der Waals surface area contributed by atoms with Crippen LogP contribution in [-0.4, -0.2) is 38.3 Å². The number of carbonyl (C=O) groups excluding carboxylic acids is 1. The molecule has 5 nitrogen and oxygen atoms in total. The molecule has 0 N–H and O–H groups in total. The number of alkyl halides is 3. The molecule has 4 rings (SSSR count). The molecular weight excluding hydrogens is 445 g/mol. The second-order valence-corrected chi connectivity index (χ2v) is 7.96. The Balaban J connectivity index is 1.47. The number of rotatable bonds is 2. The van der Waals surface area contributed by atoms with Gasteiger partial charge in [0.25, 0.3) is 5.91 Å². The Bertz CT molecular complexity index is 992. The second-order valence-electron chi connectivity index (χ2n) is 6.32. The first kappa shape index (κ1) is 18.4. The van der Waals surface area contributed by atoms with Crippen LogP contribution in [0.5, 0.6) is 0 Å². The lowest BCUT2D eigenvalue weighted by molar-refractivity contribution is -0.140. The molecule has 142 valence electrons. The summed E-state index contributed by atoms with van der Waals surface area (Å²) in [5, 5.41) is 1.55. The molecule has 1 fully saturated rings. The second kappa shape index (κ2) is 6.90. The van der Waals surface area contributed by atoms with Gasteiger partial charge in [0.05, 0.1) is 10.5 Å². The monoisotopic (exact) mass is 458 g/mol. The SMILES string of the molecule is O=C(c1nc(Br)c2ccccn12)N1CCC(c2nc(C(F)(F)F)cs2)CC1. The molecule has 0 unspecified atom stereocenters. The highest BCUT2D eigenvalue weighted by atomic mass is 79.9. The topological polar surface area (TPSA) is 50.5 Å². The van der Waals surface area contributed by atoms with Crippen molar-refractivity contribution in [3.05, 3.63) is 50.9 Å². The lowest BCUT2D eigenvalue weighted by Gasteiger charge is -2.30. The van der Waals surface area contributed by atoms with Crippen molar-refractivity contribution in [2.45, 2.75) is 24.9 Å². The Morgan fingerprint density at radius 3 is 2.63 bits per heavy atom. The third kappa shape index (κ3) is 3.47. The molecule has 0 spiro atoms. The number of nitrogens with zero attached hydrogens (tertiary/aromatic N) is 4. The van der Waals surface area contributed by atoms with Crippen LogP contribution in [0.4, 0.5) is 13.2 Å². The number of thiazole rings is 1. The van der Waals surface area contributed by atoms with Crippen LogP contribution in [0.3, 0.4) is 0 Å². The predicted molar refractivity (Wildman–Crippen MR) is 97.9 cm³/mol. The Labute approximate surface area is 165 Å². The van der Waals surface area contributed by atoms with Crippen LogP contribution >= 0.6 is 27.3 Å². The third-order valence-electron chi connectivity index (χ3n) is 4.64. The van der Waals surface area contributed by atoms with Crippen LogP contribution in [0.2, 0.25) is 0 Å². The highest BCUT2D eigenvalue weighted by Gasteiger charge is 2.35. The maximum absolute atomic E-state index is 12.9. The van der Waals surface area contributed by atoms with Crippen LogP contribution in [-0.2, 0) is 6.18 Å². The molecule has 0 radical (unpaired) electrons. The average molecular weight is 459 g/mol. The molecule has 4 heterocycles. The fraction of sp³-hybridized carbons (Fsp3) is 0.353. The first-order chi connectivity index (χ1) is 12.8. The minimum absolute atomic E-state index is 0.0566. The van der Waals surface area contributed by atoms with Crippen molar-refractivity contribution in [2.75, 3.05) is 13.1 Å². The van der Waals surface area contributed by atoms with E-state index in [9.17, 15) is 18.0 Å². The highest BCUT2D eigenvalue weighted by molar-refractivity contribution is 9.10. The van der Waals surface area contributed by atoms with Gasteiger partial charge in [0.2, 0.25) is 5.82 Å². The van der Waals surface area contributed by atoms with E-state index in [1.165, 1.54) is 0 Å². The van der Waals surface area contributed by atoms with E-state index in [0.717, 1.165) is 22.2 Å². The number of likely N-dealkylation sites (tertiary alicyclic amines) is 1. The molecule has 0 atom stereocenters. The van der Waals surface area contributed by atoms with Crippen LogP contribution in [0.25, 0.3) is 5.52 Å². The Hall–Kier alpha value is -1.94. The number of halogens is 4. The number of carbonyl (C=O) groups is 1. The molecule has 3 aromatic heterocycles. The van der Waals surface area contributed by atoms with Crippen molar-refractivity contribution < 1.29 is 18.0 Å². The van der Waals surface area contributed by atoms with Gasteiger partial charge in [0, 0.05) is 30.6 Å². The van der Waals surface area contributed by atoms with E-state index in [4.69, 9.17) is 0 Å². The van der Waals surface area contributed by atoms with Gasteiger partial charge in [0.1, 0.15) is 4.60 Å². The number of piperidine rings is 1. The van der Waals surface area contributed by atoms with Gasteiger partial charge in [-0.15, -0.1) is 11.3 Å². The third-order valence-corrected chi connectivity index (χ3v) is 6.23. The molecule has 10 heteroatoms. The molecule has 27 heavy (non-hydrogen) atoms. The molecule has 1 aliphatic rings. The summed E-state index contributed by atoms with van der Waals surface area (Å²) in [5.74, 6) is 0.0823. The number of imidazole rings is 1. The van der Waals surface area contributed by atoms with E-state index < -0.39 is 11.9 Å². The van der Waals surface area contributed by atoms with Crippen molar-refractivity contribution in [3.63, 3.8) is 0 Å². The summed E-state index contributed by atoms with van der Waals surface area (Å²) in [5.41, 5.74) is -0.0343. The van der Waals surface area contributed by atoms with Crippen LogP contribution < -0.4 is 0 Å². The summed E-state index contributed by atoms with van der Waals surface area (Å²) < 4.78 is 40.5. The number of hydrogen-bond acceptors (Lipinski definition) is 4. The van der Waals surface area contributed by atoms with E-state index in [0.29, 0.717) is 41.4 Å². The van der Waals surface area contributed by atoms with E-state index in [1.54, 1.807) is 15.5 Å². The van der Waals surface area contributed by atoms with E-state index in [1.807, 2.05) is 18.2 Å². The molecule has 3 aromatic rings. The standard InChI is InChI=1S/C17H14BrF3N4OS/c18-13-11-3-1-2-6-25(11)14(23-13)16(26)24-7-4-10(5-8-24)15-22-12(9-27-15)17(19,20)21/h1-3,6,9-10H,4-5,7-8H2. The lowest BCUT2D eigenvalue weighted by atomic mass is 9.97. The Morgan fingerprint density at radius 1 is 1.22 bits per heavy atom. The lowest BCUT2D eigenvalue weighted by Crippen LogP contribution is -2.38. The summed E-state index contributed by atoms with van der Waals surface area (Å²) in [6, 6.07) is 5.55. The van der Waals surface area contributed by atoms with Gasteiger partial charge in [-0.1, -0.05) is 6.07 Å². The summed E-state index contributed by atoms with van der Waals surface area (Å²) in [6.07, 6.45) is -1.47. The first-order valence-corrected chi connectivity index (χ1v) is 9.96. The van der Waals surface area contributed by atoms with Crippen molar-refractivity contribution in [2.24, 2.45) is 0 Å². The zero-order valence-corrected chi connectivity index (χ0v) is 16.3. The quantitative estimate of drug-likeness (QED) is 0.564. The smallest absolute Gasteiger partial charge is 0.336 e. The summed E-state index contributed by atoms with van der Waals surface area (Å²) in [4.78, 5) is 22.6. The number of hydrogen-bond donors (Lipinski definition) is 0. The molecule has 1 amide bonds. The fourth-order valence-electron chi connectivity index (χ4n) is 3.23. The summed E-state index contributed by atoms with van der Waals surface area (Å²) in [6.45, 7) is 0.924. The minimum Gasteiger partial charge on any atom is -0.336 e. The van der Waals surface area contributed by atoms with Crippen LogP contribution in [0.15, 0.2) is 34.4 Å². The maximum Gasteiger partial charge on any atom is 0.434 e. The average Bonchev–Trinajstić information content (AvgIpc) is 3.27. The van der Waals surface area contributed by atoms with Crippen molar-refractivity contribution in [1.29, 1.82) is 0 Å². The Morgan fingerprint density at radius 2 is 1.96 bits per heavy atom. The minimum atomic E-state index is -4.42. The molecule has 0 saturated carbocycles. The van der Waals surface area contributed by atoms with Gasteiger partial charge >= 0.3 is 6.18 Å². The van der Waals surface area contributed by atoms with Gasteiger partial charge in [-0.05, 0) is 40.9 Å². The van der Waals surface area contributed by atoms with Crippen LogP contribution in [0, 0.1) is 0 Å². The number of pyridine rings is 1. The molecule has 1 aliphatic heterocycles. The number of fused-ring (bicyclic) bond motifs is 1. The molecule has 1 saturated heterocycles. The van der Waals surface area contributed by atoms with Crippen molar-refractivity contribution in [3.8, 4) is 0 Å². The Kier molecular flexibility index (Phi) is 4.71. The van der Waals surface area contributed by atoms with Gasteiger partial charge in [-0.3, -0.25) is 9.20 Å². The molecular formula is C17H14BrF3N4OS. The summed E-state index contributed by atoms with van der Waals surface area (Å²) >= 11 is 4.40. The van der Waals surface area contributed by atoms with Crippen LogP contribution in [0.1, 0.15) is 40.1 Å². The highest BCUT2D eigenvalue weighted by Crippen LogP contribution is 2.35.